The van der Waals surface area contributed by atoms with E-state index >= 15 is 0 Å². The minimum absolute atomic E-state index is 0.0552. The second-order valence-corrected chi connectivity index (χ2v) is 7.15. The van der Waals surface area contributed by atoms with E-state index < -0.39 is 0 Å². The molecule has 0 aliphatic heterocycles. The van der Waals surface area contributed by atoms with Gasteiger partial charge in [-0.3, -0.25) is 4.40 Å². The van der Waals surface area contributed by atoms with Crippen molar-refractivity contribution < 1.29 is 14.6 Å². The molecule has 28 heavy (non-hydrogen) atoms. The summed E-state index contributed by atoms with van der Waals surface area (Å²) in [6.07, 6.45) is 0. The Hall–Kier alpha value is -2.71. The molecule has 7 nitrogen and oxygen atoms in total. The minimum Gasteiger partial charge on any atom is -0.494 e. The van der Waals surface area contributed by atoms with Gasteiger partial charge in [-0.05, 0) is 43.3 Å². The van der Waals surface area contributed by atoms with Crippen LogP contribution in [0.4, 0.5) is 0 Å². The van der Waals surface area contributed by atoms with E-state index in [1.165, 1.54) is 0 Å². The summed E-state index contributed by atoms with van der Waals surface area (Å²) >= 11 is 1.60. The monoisotopic (exact) mass is 398 g/mol. The molecule has 2 aromatic carbocycles. The lowest BCUT2D eigenvalue weighted by atomic mass is 10.3. The van der Waals surface area contributed by atoms with Gasteiger partial charge in [0.05, 0.1) is 30.9 Å². The molecule has 4 rings (SSSR count). The third kappa shape index (κ3) is 3.65. The Bertz CT molecular complexity index is 1060. The molecule has 2 aromatic heterocycles. The van der Waals surface area contributed by atoms with Gasteiger partial charge in [-0.2, -0.15) is 0 Å². The summed E-state index contributed by atoms with van der Waals surface area (Å²) < 4.78 is 15.3. The molecular formula is C20H22N4O3S. The molecule has 8 heteroatoms. The highest BCUT2D eigenvalue weighted by Gasteiger charge is 2.16. The van der Waals surface area contributed by atoms with Crippen LogP contribution in [-0.4, -0.2) is 49.8 Å². The van der Waals surface area contributed by atoms with Crippen LogP contribution in [0.25, 0.3) is 16.8 Å². The zero-order valence-corrected chi connectivity index (χ0v) is 16.4. The number of aromatic nitrogens is 4. The van der Waals surface area contributed by atoms with Crippen LogP contribution < -0.4 is 9.47 Å². The molecule has 0 radical (unpaired) electrons. The van der Waals surface area contributed by atoms with Gasteiger partial charge >= 0.3 is 0 Å². The SMILES string of the molecule is CCOc1ccc(OCCSc2nnc3n(CCO)c4ccccc4n23)cc1. The first kappa shape index (κ1) is 18.6. The van der Waals surface area contributed by atoms with Gasteiger partial charge in [-0.25, -0.2) is 0 Å². The molecule has 0 atom stereocenters. The van der Waals surface area contributed by atoms with E-state index in [1.807, 2.05) is 64.4 Å². The highest BCUT2D eigenvalue weighted by molar-refractivity contribution is 7.99. The first-order chi connectivity index (χ1) is 13.8. The third-order valence-electron chi connectivity index (χ3n) is 4.31. The summed E-state index contributed by atoms with van der Waals surface area (Å²) in [5.41, 5.74) is 2.07. The lowest BCUT2D eigenvalue weighted by molar-refractivity contribution is 0.279. The van der Waals surface area contributed by atoms with Gasteiger partial charge in [0.15, 0.2) is 5.16 Å². The van der Waals surface area contributed by atoms with E-state index in [2.05, 4.69) is 10.2 Å². The van der Waals surface area contributed by atoms with Gasteiger partial charge in [0.2, 0.25) is 5.78 Å². The van der Waals surface area contributed by atoms with Gasteiger partial charge < -0.3 is 19.1 Å². The lowest BCUT2D eigenvalue weighted by Crippen LogP contribution is -2.02. The molecule has 0 amide bonds. The highest BCUT2D eigenvalue weighted by atomic mass is 32.2. The highest BCUT2D eigenvalue weighted by Crippen LogP contribution is 2.26. The van der Waals surface area contributed by atoms with Gasteiger partial charge in [0.25, 0.3) is 0 Å². The smallest absolute Gasteiger partial charge is 0.237 e. The first-order valence-corrected chi connectivity index (χ1v) is 10.2. The number of imidazole rings is 1. The normalized spacial score (nSPS) is 11.4. The molecule has 0 saturated heterocycles. The summed E-state index contributed by atoms with van der Waals surface area (Å²) in [5.74, 6) is 3.14. The second kappa shape index (κ2) is 8.53. The second-order valence-electron chi connectivity index (χ2n) is 6.08. The van der Waals surface area contributed by atoms with Gasteiger partial charge in [0, 0.05) is 12.3 Å². The van der Waals surface area contributed by atoms with Crippen molar-refractivity contribution in [3.05, 3.63) is 48.5 Å². The predicted octanol–water partition coefficient (Wildman–Crippen LogP) is 3.25. The van der Waals surface area contributed by atoms with E-state index in [-0.39, 0.29) is 6.61 Å². The number of benzene rings is 2. The quantitative estimate of drug-likeness (QED) is 0.345. The molecule has 4 aromatic rings. The van der Waals surface area contributed by atoms with Gasteiger partial charge in [-0.15, -0.1) is 10.2 Å². The maximum atomic E-state index is 9.38. The molecule has 0 bridgehead atoms. The number of rotatable bonds is 9. The summed E-state index contributed by atoms with van der Waals surface area (Å²) in [5, 5.41) is 18.9. The standard InChI is InChI=1S/C20H22N4O3S/c1-2-26-15-7-9-16(10-8-15)27-13-14-28-20-22-21-19-23(11-12-25)17-5-3-4-6-18(17)24(19)20/h3-10,25H,2,11-14H2,1H3. The van der Waals surface area contributed by atoms with Crippen molar-refractivity contribution in [1.82, 2.24) is 19.2 Å². The summed E-state index contributed by atoms with van der Waals surface area (Å²) in [7, 11) is 0. The number of nitrogens with zero attached hydrogens (tertiary/aromatic N) is 4. The van der Waals surface area contributed by atoms with Crippen LogP contribution in [0.1, 0.15) is 6.92 Å². The number of aliphatic hydroxyl groups is 1. The van der Waals surface area contributed by atoms with Crippen LogP contribution in [0.5, 0.6) is 11.5 Å². The first-order valence-electron chi connectivity index (χ1n) is 9.23. The number of hydrogen-bond donors (Lipinski definition) is 1. The summed E-state index contributed by atoms with van der Waals surface area (Å²) in [6, 6.07) is 15.7. The number of aliphatic hydroxyl groups excluding tert-OH is 1. The average Bonchev–Trinajstić information content (AvgIpc) is 3.27. The lowest BCUT2D eigenvalue weighted by Gasteiger charge is -2.07. The molecule has 0 fully saturated rings. The maximum absolute atomic E-state index is 9.38. The number of hydrogen-bond acceptors (Lipinski definition) is 6. The van der Waals surface area contributed by atoms with Crippen LogP contribution in [0.3, 0.4) is 0 Å². The van der Waals surface area contributed by atoms with Crippen molar-refractivity contribution in [3.8, 4) is 11.5 Å². The van der Waals surface area contributed by atoms with Crippen molar-refractivity contribution in [2.45, 2.75) is 18.6 Å². The Morgan fingerprint density at radius 3 is 2.39 bits per heavy atom. The van der Waals surface area contributed by atoms with E-state index in [4.69, 9.17) is 9.47 Å². The predicted molar refractivity (Wildman–Crippen MR) is 109 cm³/mol. The molecule has 2 heterocycles. The molecule has 146 valence electrons. The molecule has 0 spiro atoms. The van der Waals surface area contributed by atoms with E-state index in [9.17, 15) is 5.11 Å². The van der Waals surface area contributed by atoms with Gasteiger partial charge in [-0.1, -0.05) is 23.9 Å². The largest absolute Gasteiger partial charge is 0.494 e. The van der Waals surface area contributed by atoms with Crippen LogP contribution in [0.15, 0.2) is 53.7 Å². The average molecular weight is 398 g/mol. The van der Waals surface area contributed by atoms with Crippen molar-refractivity contribution in [1.29, 1.82) is 0 Å². The Kier molecular flexibility index (Phi) is 5.68. The van der Waals surface area contributed by atoms with Crippen LogP contribution in [-0.2, 0) is 6.54 Å². The van der Waals surface area contributed by atoms with E-state index in [0.717, 1.165) is 39.2 Å². The molecule has 0 saturated carbocycles. The third-order valence-corrected chi connectivity index (χ3v) is 5.21. The summed E-state index contributed by atoms with van der Waals surface area (Å²) in [4.78, 5) is 0. The fourth-order valence-corrected chi connectivity index (χ4v) is 3.90. The van der Waals surface area contributed by atoms with Crippen molar-refractivity contribution in [2.75, 3.05) is 25.6 Å². The zero-order valence-electron chi connectivity index (χ0n) is 15.6. The van der Waals surface area contributed by atoms with Crippen molar-refractivity contribution in [2.24, 2.45) is 0 Å². The number of para-hydroxylation sites is 2. The van der Waals surface area contributed by atoms with E-state index in [0.29, 0.717) is 19.8 Å². The Morgan fingerprint density at radius 1 is 0.964 bits per heavy atom. The summed E-state index contributed by atoms with van der Waals surface area (Å²) in [6.45, 7) is 3.71. The van der Waals surface area contributed by atoms with Crippen LogP contribution in [0.2, 0.25) is 0 Å². The fourth-order valence-electron chi connectivity index (χ4n) is 3.14. The van der Waals surface area contributed by atoms with Crippen molar-refractivity contribution >= 4 is 28.6 Å². The van der Waals surface area contributed by atoms with Crippen LogP contribution in [0, 0.1) is 0 Å². The number of fused-ring (bicyclic) bond motifs is 3. The maximum Gasteiger partial charge on any atom is 0.237 e. The number of ether oxygens (including phenoxy) is 2. The zero-order chi connectivity index (χ0) is 19.3. The Balaban J connectivity index is 1.44. The molecule has 0 aliphatic rings. The Labute approximate surface area is 166 Å². The van der Waals surface area contributed by atoms with Gasteiger partial charge in [0.1, 0.15) is 11.5 Å². The minimum atomic E-state index is 0.0552. The van der Waals surface area contributed by atoms with Crippen LogP contribution >= 0.6 is 11.8 Å². The van der Waals surface area contributed by atoms with E-state index in [1.54, 1.807) is 11.8 Å². The van der Waals surface area contributed by atoms with Crippen molar-refractivity contribution in [3.63, 3.8) is 0 Å². The molecule has 0 aliphatic carbocycles. The molecule has 1 N–H and O–H groups in total. The Morgan fingerprint density at radius 2 is 1.68 bits per heavy atom. The molecular weight excluding hydrogens is 376 g/mol. The fraction of sp³-hybridized carbons (Fsp3) is 0.300. The topological polar surface area (TPSA) is 73.8 Å². The molecule has 0 unspecified atom stereocenters. The number of thioether (sulfide) groups is 1.